The van der Waals surface area contributed by atoms with Crippen LogP contribution in [-0.2, 0) is 16.4 Å². The summed E-state index contributed by atoms with van der Waals surface area (Å²) in [5.41, 5.74) is 3.49. The van der Waals surface area contributed by atoms with Gasteiger partial charge in [0.15, 0.2) is 0 Å². The molecular formula is C24H27ClN2O3S. The minimum Gasteiger partial charge on any atom is -0.352 e. The molecule has 1 N–H and O–H groups in total. The molecule has 0 spiro atoms. The van der Waals surface area contributed by atoms with Crippen molar-refractivity contribution < 1.29 is 13.2 Å². The Morgan fingerprint density at radius 2 is 1.94 bits per heavy atom. The largest absolute Gasteiger partial charge is 0.352 e. The molecule has 2 aromatic rings. The second-order valence-corrected chi connectivity index (χ2v) is 10.5. The quantitative estimate of drug-likeness (QED) is 0.612. The van der Waals surface area contributed by atoms with Crippen molar-refractivity contribution in [1.82, 2.24) is 5.32 Å². The first-order chi connectivity index (χ1) is 14.9. The smallest absolute Gasteiger partial charge is 0.264 e. The number of rotatable bonds is 6. The van der Waals surface area contributed by atoms with Gasteiger partial charge in [0.05, 0.1) is 10.6 Å². The van der Waals surface area contributed by atoms with E-state index in [1.807, 2.05) is 13.0 Å². The van der Waals surface area contributed by atoms with Crippen LogP contribution in [0.2, 0.25) is 5.02 Å². The van der Waals surface area contributed by atoms with E-state index in [0.29, 0.717) is 29.2 Å². The van der Waals surface area contributed by atoms with Gasteiger partial charge in [-0.1, -0.05) is 23.3 Å². The summed E-state index contributed by atoms with van der Waals surface area (Å²) in [6.45, 7) is 2.50. The van der Waals surface area contributed by atoms with E-state index < -0.39 is 10.0 Å². The Labute approximate surface area is 189 Å². The Morgan fingerprint density at radius 3 is 2.65 bits per heavy atom. The number of carbonyl (C=O) groups is 1. The maximum absolute atomic E-state index is 13.2. The standard InChI is InChI=1S/C24H27ClN2O3S/c1-17-15-20-16-19(24(28)26-14-13-18-5-3-2-4-6-18)7-12-23(20)27(17)31(29,30)22-10-8-21(25)9-11-22/h5,7-12,16-17H,2-4,6,13-15H2,1H3,(H,26,28)/t17-/m1/s1. The van der Waals surface area contributed by atoms with Crippen LogP contribution in [0.1, 0.15) is 54.9 Å². The molecule has 2 aliphatic rings. The van der Waals surface area contributed by atoms with Crippen molar-refractivity contribution in [3.8, 4) is 0 Å². The molecule has 7 heteroatoms. The average molecular weight is 459 g/mol. The number of amides is 1. The van der Waals surface area contributed by atoms with Gasteiger partial charge in [-0.05, 0) is 93.5 Å². The maximum atomic E-state index is 13.2. The Hall–Kier alpha value is -2.31. The van der Waals surface area contributed by atoms with E-state index in [1.54, 1.807) is 24.3 Å². The number of sulfonamides is 1. The molecule has 0 bridgehead atoms. The van der Waals surface area contributed by atoms with Crippen molar-refractivity contribution in [1.29, 1.82) is 0 Å². The Kier molecular flexibility index (Phi) is 6.39. The van der Waals surface area contributed by atoms with Crippen molar-refractivity contribution >= 4 is 33.2 Å². The molecule has 1 aliphatic carbocycles. The highest BCUT2D eigenvalue weighted by Gasteiger charge is 2.36. The second-order valence-electron chi connectivity index (χ2n) is 8.27. The SMILES string of the molecule is C[C@@H]1Cc2cc(C(=O)NCCC3=CCCCC3)ccc2N1S(=O)(=O)c1ccc(Cl)cc1. The molecule has 0 unspecified atom stereocenters. The molecule has 2 aromatic carbocycles. The van der Waals surface area contributed by atoms with Crippen LogP contribution in [0.15, 0.2) is 59.0 Å². The minimum atomic E-state index is -3.71. The van der Waals surface area contributed by atoms with E-state index in [2.05, 4.69) is 11.4 Å². The third-order valence-electron chi connectivity index (χ3n) is 5.98. The number of fused-ring (bicyclic) bond motifs is 1. The number of allylic oxidation sites excluding steroid dienone is 1. The molecule has 1 heterocycles. The monoisotopic (exact) mass is 458 g/mol. The highest BCUT2D eigenvalue weighted by Crippen LogP contribution is 2.37. The molecule has 0 fully saturated rings. The van der Waals surface area contributed by atoms with Gasteiger partial charge in [0, 0.05) is 23.2 Å². The van der Waals surface area contributed by atoms with Crippen molar-refractivity contribution in [3.63, 3.8) is 0 Å². The summed E-state index contributed by atoms with van der Waals surface area (Å²) in [5.74, 6) is -0.120. The van der Waals surface area contributed by atoms with Crippen LogP contribution in [0, 0.1) is 0 Å². The molecule has 4 rings (SSSR count). The van der Waals surface area contributed by atoms with Crippen LogP contribution in [0.3, 0.4) is 0 Å². The molecule has 0 saturated heterocycles. The lowest BCUT2D eigenvalue weighted by atomic mass is 9.97. The Morgan fingerprint density at radius 1 is 1.16 bits per heavy atom. The van der Waals surface area contributed by atoms with Gasteiger partial charge in [0.1, 0.15) is 0 Å². The predicted octanol–water partition coefficient (Wildman–Crippen LogP) is 5.10. The number of nitrogens with zero attached hydrogens (tertiary/aromatic N) is 1. The zero-order valence-electron chi connectivity index (χ0n) is 17.6. The number of anilines is 1. The summed E-state index contributed by atoms with van der Waals surface area (Å²) in [5, 5.41) is 3.49. The normalized spacial score (nSPS) is 18.5. The lowest BCUT2D eigenvalue weighted by Gasteiger charge is -2.24. The summed E-state index contributed by atoms with van der Waals surface area (Å²) in [6.07, 6.45) is 8.51. The van der Waals surface area contributed by atoms with Crippen molar-refractivity contribution in [2.45, 2.75) is 56.4 Å². The summed E-state index contributed by atoms with van der Waals surface area (Å²) in [4.78, 5) is 12.8. The Bertz CT molecular complexity index is 1110. The first-order valence-electron chi connectivity index (χ1n) is 10.8. The molecule has 0 radical (unpaired) electrons. The van der Waals surface area contributed by atoms with E-state index in [4.69, 9.17) is 11.6 Å². The van der Waals surface area contributed by atoms with Gasteiger partial charge >= 0.3 is 0 Å². The van der Waals surface area contributed by atoms with Gasteiger partial charge in [-0.15, -0.1) is 0 Å². The average Bonchev–Trinajstić information content (AvgIpc) is 3.10. The number of halogens is 1. The summed E-state index contributed by atoms with van der Waals surface area (Å²) >= 11 is 5.91. The van der Waals surface area contributed by atoms with E-state index in [-0.39, 0.29) is 16.8 Å². The van der Waals surface area contributed by atoms with Gasteiger partial charge in [-0.2, -0.15) is 0 Å². The number of hydrogen-bond acceptors (Lipinski definition) is 3. The van der Waals surface area contributed by atoms with E-state index in [1.165, 1.54) is 34.9 Å². The van der Waals surface area contributed by atoms with Crippen LogP contribution in [-0.4, -0.2) is 26.9 Å². The number of hydrogen-bond donors (Lipinski definition) is 1. The maximum Gasteiger partial charge on any atom is 0.264 e. The van der Waals surface area contributed by atoms with Crippen molar-refractivity contribution in [3.05, 3.63) is 70.3 Å². The van der Waals surface area contributed by atoms with Gasteiger partial charge in [-0.25, -0.2) is 8.42 Å². The van der Waals surface area contributed by atoms with Gasteiger partial charge in [0.25, 0.3) is 15.9 Å². The lowest BCUT2D eigenvalue weighted by Crippen LogP contribution is -2.35. The van der Waals surface area contributed by atoms with Crippen LogP contribution in [0.5, 0.6) is 0 Å². The Balaban J connectivity index is 1.49. The third-order valence-corrected chi connectivity index (χ3v) is 8.18. The first kappa shape index (κ1) is 21.9. The number of nitrogens with one attached hydrogen (secondary N) is 1. The summed E-state index contributed by atoms with van der Waals surface area (Å²) in [6, 6.07) is 11.2. The van der Waals surface area contributed by atoms with Gasteiger partial charge < -0.3 is 5.32 Å². The van der Waals surface area contributed by atoms with Gasteiger partial charge in [0.2, 0.25) is 0 Å². The fourth-order valence-electron chi connectivity index (χ4n) is 4.40. The summed E-state index contributed by atoms with van der Waals surface area (Å²) < 4.78 is 27.9. The summed E-state index contributed by atoms with van der Waals surface area (Å²) in [7, 11) is -3.71. The molecular weight excluding hydrogens is 432 g/mol. The van der Waals surface area contributed by atoms with Crippen molar-refractivity contribution in [2.75, 3.05) is 10.8 Å². The van der Waals surface area contributed by atoms with Crippen molar-refractivity contribution in [2.24, 2.45) is 0 Å². The molecule has 1 amide bonds. The fourth-order valence-corrected chi connectivity index (χ4v) is 6.22. The van der Waals surface area contributed by atoms with E-state index in [0.717, 1.165) is 24.8 Å². The second kappa shape index (κ2) is 9.05. The lowest BCUT2D eigenvalue weighted by molar-refractivity contribution is 0.0954. The highest BCUT2D eigenvalue weighted by molar-refractivity contribution is 7.92. The molecule has 0 saturated carbocycles. The molecule has 1 atom stereocenters. The predicted molar refractivity (Wildman–Crippen MR) is 124 cm³/mol. The zero-order chi connectivity index (χ0) is 22.0. The van der Waals surface area contributed by atoms with Crippen LogP contribution >= 0.6 is 11.6 Å². The topological polar surface area (TPSA) is 66.5 Å². The van der Waals surface area contributed by atoms with Crippen LogP contribution < -0.4 is 9.62 Å². The van der Waals surface area contributed by atoms with Crippen LogP contribution in [0.4, 0.5) is 5.69 Å². The molecule has 5 nitrogen and oxygen atoms in total. The number of carbonyl (C=O) groups excluding carboxylic acids is 1. The highest BCUT2D eigenvalue weighted by atomic mass is 35.5. The third kappa shape index (κ3) is 4.65. The van der Waals surface area contributed by atoms with Crippen LogP contribution in [0.25, 0.3) is 0 Å². The zero-order valence-corrected chi connectivity index (χ0v) is 19.2. The molecule has 0 aromatic heterocycles. The fraction of sp³-hybridized carbons (Fsp3) is 0.375. The first-order valence-corrected chi connectivity index (χ1v) is 12.6. The molecule has 1 aliphatic heterocycles. The van der Waals surface area contributed by atoms with E-state index in [9.17, 15) is 13.2 Å². The molecule has 164 valence electrons. The van der Waals surface area contributed by atoms with E-state index >= 15 is 0 Å². The number of benzene rings is 2. The van der Waals surface area contributed by atoms with Gasteiger partial charge in [-0.3, -0.25) is 9.10 Å². The minimum absolute atomic E-state index is 0.120. The molecule has 31 heavy (non-hydrogen) atoms.